The van der Waals surface area contributed by atoms with Crippen molar-refractivity contribution in [1.29, 1.82) is 0 Å². The Bertz CT molecular complexity index is 204. The van der Waals surface area contributed by atoms with Crippen molar-refractivity contribution in [2.24, 2.45) is 0 Å². The molecule has 0 amide bonds. The number of carbonyl (C=O) groups is 2. The first-order chi connectivity index (χ1) is 5.59. The summed E-state index contributed by atoms with van der Waals surface area (Å²) in [6.07, 6.45) is 0.121. The van der Waals surface area contributed by atoms with Crippen molar-refractivity contribution in [3.8, 4) is 0 Å². The van der Waals surface area contributed by atoms with Gasteiger partial charge in [-0.05, 0) is 6.42 Å². The number of aliphatic hydroxyl groups is 1. The fourth-order valence-electron chi connectivity index (χ4n) is 0.975. The number of β-amino-alcohol motifs (C(OH)–C–C–N with tert-alkyl or cyclic N) is 1. The quantitative estimate of drug-likeness (QED) is 0.548. The lowest BCUT2D eigenvalue weighted by Gasteiger charge is -2.12. The smallest absolute Gasteiger partial charge is 0.392 e. The van der Waals surface area contributed by atoms with Crippen molar-refractivity contribution < 1.29 is 19.5 Å². The lowest BCUT2D eigenvalue weighted by molar-refractivity contribution is -0.188. The molecule has 1 aliphatic rings. The lowest BCUT2D eigenvalue weighted by Crippen LogP contribution is -2.29. The van der Waals surface area contributed by atoms with Crippen LogP contribution in [-0.4, -0.2) is 41.1 Å². The third-order valence-electron chi connectivity index (χ3n) is 1.63. The second kappa shape index (κ2) is 3.64. The third kappa shape index (κ3) is 2.28. The maximum atomic E-state index is 10.7. The van der Waals surface area contributed by atoms with Crippen LogP contribution in [0, 0.1) is 0 Å². The van der Waals surface area contributed by atoms with E-state index in [4.69, 9.17) is 5.11 Å². The summed E-state index contributed by atoms with van der Waals surface area (Å²) >= 11 is 0. The first kappa shape index (κ1) is 9.15. The Morgan fingerprint density at radius 2 is 2.25 bits per heavy atom. The Balaban J connectivity index is 2.32. The van der Waals surface area contributed by atoms with Crippen LogP contribution >= 0.6 is 0 Å². The number of nitrogens with zero attached hydrogens (tertiary/aromatic N) is 1. The molecule has 1 heterocycles. The van der Waals surface area contributed by atoms with Crippen LogP contribution in [0.1, 0.15) is 13.3 Å². The number of carbonyl (C=O) groups excluding carboxylic acids is 2. The molecule has 5 heteroatoms. The van der Waals surface area contributed by atoms with Gasteiger partial charge in [-0.2, -0.15) is 0 Å². The van der Waals surface area contributed by atoms with E-state index in [9.17, 15) is 9.59 Å². The largest absolute Gasteiger partial charge is 0.393 e. The Labute approximate surface area is 69.9 Å². The summed E-state index contributed by atoms with van der Waals surface area (Å²) in [7, 11) is 0. The van der Waals surface area contributed by atoms with Gasteiger partial charge in [0.25, 0.3) is 0 Å². The van der Waals surface area contributed by atoms with Crippen LogP contribution < -0.4 is 0 Å². The maximum absolute atomic E-state index is 10.7. The average molecular weight is 173 g/mol. The van der Waals surface area contributed by atoms with Crippen molar-refractivity contribution in [3.05, 3.63) is 0 Å². The molecule has 1 N–H and O–H groups in total. The second-order valence-corrected chi connectivity index (χ2v) is 2.77. The molecule has 0 aromatic rings. The summed E-state index contributed by atoms with van der Waals surface area (Å²) in [6, 6.07) is 0. The van der Waals surface area contributed by atoms with Gasteiger partial charge < -0.3 is 9.94 Å². The van der Waals surface area contributed by atoms with Gasteiger partial charge >= 0.3 is 5.97 Å². The zero-order chi connectivity index (χ0) is 9.14. The average Bonchev–Trinajstić information content (AvgIpc) is 2.35. The molecule has 0 aliphatic carbocycles. The Morgan fingerprint density at radius 3 is 2.67 bits per heavy atom. The number of hydrogen-bond acceptors (Lipinski definition) is 5. The normalized spacial score (nSPS) is 24.0. The topological polar surface area (TPSA) is 66.8 Å². The summed E-state index contributed by atoms with van der Waals surface area (Å²) in [6.45, 7) is 1.92. The molecule has 1 rings (SSSR count). The van der Waals surface area contributed by atoms with Crippen LogP contribution in [0.4, 0.5) is 0 Å². The predicted molar refractivity (Wildman–Crippen MR) is 39.0 cm³/mol. The van der Waals surface area contributed by atoms with E-state index < -0.39 is 17.9 Å². The Hall–Kier alpha value is -0.940. The van der Waals surface area contributed by atoms with E-state index in [2.05, 4.69) is 4.84 Å². The zero-order valence-corrected chi connectivity index (χ0v) is 6.82. The molecule has 1 atom stereocenters. The monoisotopic (exact) mass is 173 g/mol. The van der Waals surface area contributed by atoms with Crippen molar-refractivity contribution in [2.45, 2.75) is 19.4 Å². The van der Waals surface area contributed by atoms with Gasteiger partial charge in [0.05, 0.1) is 12.6 Å². The fourth-order valence-corrected chi connectivity index (χ4v) is 0.975. The number of aliphatic hydroxyl groups excluding tert-OH is 1. The first-order valence-electron chi connectivity index (χ1n) is 3.75. The minimum atomic E-state index is -0.871. The van der Waals surface area contributed by atoms with E-state index in [0.717, 1.165) is 6.92 Å². The molecule has 0 spiro atoms. The van der Waals surface area contributed by atoms with Gasteiger partial charge in [0.2, 0.25) is 5.78 Å². The molecule has 0 aromatic heterocycles. The van der Waals surface area contributed by atoms with E-state index in [-0.39, 0.29) is 0 Å². The molecule has 68 valence electrons. The lowest BCUT2D eigenvalue weighted by atomic mass is 10.3. The highest BCUT2D eigenvalue weighted by molar-refractivity contribution is 6.32. The van der Waals surface area contributed by atoms with Crippen LogP contribution in [0.2, 0.25) is 0 Å². The van der Waals surface area contributed by atoms with E-state index in [1.54, 1.807) is 0 Å². The highest BCUT2D eigenvalue weighted by Gasteiger charge is 2.24. The van der Waals surface area contributed by atoms with Crippen molar-refractivity contribution in [1.82, 2.24) is 5.06 Å². The van der Waals surface area contributed by atoms with Gasteiger partial charge in [-0.3, -0.25) is 4.79 Å². The van der Waals surface area contributed by atoms with E-state index >= 15 is 0 Å². The number of Topliss-reactive ketones (excluding diaryl/α,β-unsaturated/α-hetero) is 1. The highest BCUT2D eigenvalue weighted by Crippen LogP contribution is 2.08. The highest BCUT2D eigenvalue weighted by atomic mass is 16.7. The number of rotatable bonds is 2. The molecular weight excluding hydrogens is 162 g/mol. The van der Waals surface area contributed by atoms with Gasteiger partial charge in [-0.1, -0.05) is 0 Å². The molecule has 0 radical (unpaired) electrons. The predicted octanol–water partition coefficient (Wildman–Crippen LogP) is -0.900. The zero-order valence-electron chi connectivity index (χ0n) is 6.82. The van der Waals surface area contributed by atoms with Gasteiger partial charge in [0.1, 0.15) is 0 Å². The molecule has 1 fully saturated rings. The number of hydroxylamine groups is 2. The molecule has 1 saturated heterocycles. The Morgan fingerprint density at radius 1 is 1.58 bits per heavy atom. The van der Waals surface area contributed by atoms with E-state index in [1.165, 1.54) is 5.06 Å². The summed E-state index contributed by atoms with van der Waals surface area (Å²) in [5.41, 5.74) is 0. The molecule has 12 heavy (non-hydrogen) atoms. The van der Waals surface area contributed by atoms with Gasteiger partial charge in [-0.15, -0.1) is 5.06 Å². The molecule has 1 unspecified atom stereocenters. The summed E-state index contributed by atoms with van der Waals surface area (Å²) < 4.78 is 0. The summed E-state index contributed by atoms with van der Waals surface area (Å²) in [5, 5.41) is 10.3. The van der Waals surface area contributed by atoms with Crippen LogP contribution in [0.5, 0.6) is 0 Å². The van der Waals surface area contributed by atoms with Gasteiger partial charge in [-0.25, -0.2) is 4.79 Å². The van der Waals surface area contributed by atoms with Crippen LogP contribution in [-0.2, 0) is 14.4 Å². The standard InChI is InChI=1S/C7H11NO4/c1-5(9)7(11)12-8-3-2-6(10)4-8/h6,10H,2-4H2,1H3. The number of ketones is 1. The second-order valence-electron chi connectivity index (χ2n) is 2.77. The minimum absolute atomic E-state index is 0.291. The molecule has 1 aliphatic heterocycles. The van der Waals surface area contributed by atoms with Crippen molar-refractivity contribution in [3.63, 3.8) is 0 Å². The van der Waals surface area contributed by atoms with E-state index in [0.29, 0.717) is 19.5 Å². The third-order valence-corrected chi connectivity index (χ3v) is 1.63. The SMILES string of the molecule is CC(=O)C(=O)ON1CCC(O)C1. The Kier molecular flexibility index (Phi) is 2.78. The van der Waals surface area contributed by atoms with Crippen LogP contribution in [0.15, 0.2) is 0 Å². The summed E-state index contributed by atoms with van der Waals surface area (Å²) in [4.78, 5) is 25.8. The molecule has 0 bridgehead atoms. The minimum Gasteiger partial charge on any atom is -0.392 e. The molecule has 0 aromatic carbocycles. The maximum Gasteiger partial charge on any atom is 0.393 e. The number of hydrogen-bond donors (Lipinski definition) is 1. The molecule has 5 nitrogen and oxygen atoms in total. The fraction of sp³-hybridized carbons (Fsp3) is 0.714. The van der Waals surface area contributed by atoms with Crippen molar-refractivity contribution >= 4 is 11.8 Å². The van der Waals surface area contributed by atoms with Crippen LogP contribution in [0.3, 0.4) is 0 Å². The van der Waals surface area contributed by atoms with Crippen LogP contribution in [0.25, 0.3) is 0 Å². The van der Waals surface area contributed by atoms with Gasteiger partial charge in [0.15, 0.2) is 0 Å². The first-order valence-corrected chi connectivity index (χ1v) is 3.75. The van der Waals surface area contributed by atoms with E-state index in [1.807, 2.05) is 0 Å². The molecule has 0 saturated carbocycles. The molecular formula is C7H11NO4. The van der Waals surface area contributed by atoms with Gasteiger partial charge in [0, 0.05) is 13.5 Å². The van der Waals surface area contributed by atoms with Crippen molar-refractivity contribution in [2.75, 3.05) is 13.1 Å². The summed E-state index contributed by atoms with van der Waals surface area (Å²) in [5.74, 6) is -1.50.